The lowest BCUT2D eigenvalue weighted by atomic mass is 10.1. The molecule has 1 N–H and O–H groups in total. The molecule has 0 radical (unpaired) electrons. The van der Waals surface area contributed by atoms with Crippen LogP contribution in [0, 0.1) is 10.1 Å². The highest BCUT2D eigenvalue weighted by atomic mass is 35.5. The number of halogens is 1. The summed E-state index contributed by atoms with van der Waals surface area (Å²) in [7, 11) is 1.52. The van der Waals surface area contributed by atoms with Crippen LogP contribution in [0.25, 0.3) is 0 Å². The summed E-state index contributed by atoms with van der Waals surface area (Å²) in [4.78, 5) is 23.8. The Balaban J connectivity index is 1.93. The van der Waals surface area contributed by atoms with Crippen molar-refractivity contribution in [2.24, 2.45) is 0 Å². The minimum Gasteiger partial charge on any atom is -0.497 e. The number of amides is 1. The number of rotatable bonds is 7. The SMILES string of the molecule is COc1cccc(NC(=O)[C@@H](Oc2ccc(Cl)cc2[N+](=O)[O-])c2ccccc2)c1. The van der Waals surface area contributed by atoms with Gasteiger partial charge in [0.25, 0.3) is 5.91 Å². The van der Waals surface area contributed by atoms with Crippen LogP contribution in [0.4, 0.5) is 11.4 Å². The Kier molecular flexibility index (Phi) is 6.31. The molecule has 0 aliphatic heterocycles. The minimum atomic E-state index is -1.12. The lowest BCUT2D eigenvalue weighted by molar-refractivity contribution is -0.386. The smallest absolute Gasteiger partial charge is 0.312 e. The summed E-state index contributed by atoms with van der Waals surface area (Å²) in [6.07, 6.45) is -1.12. The third-order valence-electron chi connectivity index (χ3n) is 4.04. The van der Waals surface area contributed by atoms with E-state index in [2.05, 4.69) is 5.32 Å². The van der Waals surface area contributed by atoms with E-state index >= 15 is 0 Å². The molecular formula is C21H17ClN2O5. The number of hydrogen-bond acceptors (Lipinski definition) is 5. The molecule has 3 aromatic rings. The van der Waals surface area contributed by atoms with Crippen molar-refractivity contribution >= 4 is 28.9 Å². The maximum Gasteiger partial charge on any atom is 0.312 e. The summed E-state index contributed by atoms with van der Waals surface area (Å²) in [6.45, 7) is 0. The van der Waals surface area contributed by atoms with E-state index in [0.717, 1.165) is 0 Å². The van der Waals surface area contributed by atoms with Gasteiger partial charge in [-0.2, -0.15) is 0 Å². The number of benzene rings is 3. The number of methoxy groups -OCH3 is 1. The summed E-state index contributed by atoms with van der Waals surface area (Å²) in [6, 6.07) is 19.6. The Bertz CT molecular complexity index is 1030. The van der Waals surface area contributed by atoms with Crippen molar-refractivity contribution in [3.8, 4) is 11.5 Å². The average molecular weight is 413 g/mol. The fourth-order valence-corrected chi connectivity index (χ4v) is 2.84. The number of carbonyl (C=O) groups is 1. The van der Waals surface area contributed by atoms with E-state index in [9.17, 15) is 14.9 Å². The van der Waals surface area contributed by atoms with Crippen LogP contribution in [0.3, 0.4) is 0 Å². The fraction of sp³-hybridized carbons (Fsp3) is 0.0952. The highest BCUT2D eigenvalue weighted by molar-refractivity contribution is 6.30. The standard InChI is InChI=1S/C21H17ClN2O5/c1-28-17-9-5-8-16(13-17)23-21(25)20(14-6-3-2-4-7-14)29-19-11-10-15(22)12-18(19)24(26)27/h2-13,20H,1H3,(H,23,25)/t20-/m0/s1. The van der Waals surface area contributed by atoms with Gasteiger partial charge in [-0.05, 0) is 24.3 Å². The first-order chi connectivity index (χ1) is 14.0. The van der Waals surface area contributed by atoms with Gasteiger partial charge in [0.15, 0.2) is 5.75 Å². The van der Waals surface area contributed by atoms with Crippen LogP contribution >= 0.6 is 11.6 Å². The van der Waals surface area contributed by atoms with Gasteiger partial charge in [0.2, 0.25) is 6.10 Å². The zero-order valence-electron chi connectivity index (χ0n) is 15.4. The number of nitrogens with one attached hydrogen (secondary N) is 1. The van der Waals surface area contributed by atoms with Crippen LogP contribution in [0.15, 0.2) is 72.8 Å². The predicted molar refractivity (Wildman–Crippen MR) is 110 cm³/mol. The van der Waals surface area contributed by atoms with Crippen molar-refractivity contribution in [1.82, 2.24) is 0 Å². The molecule has 0 fully saturated rings. The number of anilines is 1. The predicted octanol–water partition coefficient (Wildman–Crippen LogP) is 5.02. The normalized spacial score (nSPS) is 11.4. The van der Waals surface area contributed by atoms with Crippen LogP contribution in [0.2, 0.25) is 5.02 Å². The maximum atomic E-state index is 13.0. The third kappa shape index (κ3) is 5.03. The molecule has 0 saturated heterocycles. The Hall–Kier alpha value is -3.58. The fourth-order valence-electron chi connectivity index (χ4n) is 2.67. The second-order valence-corrected chi connectivity index (χ2v) is 6.44. The number of carbonyl (C=O) groups excluding carboxylic acids is 1. The molecule has 0 aliphatic carbocycles. The van der Waals surface area contributed by atoms with E-state index < -0.39 is 16.9 Å². The van der Waals surface area contributed by atoms with E-state index in [0.29, 0.717) is 17.0 Å². The van der Waals surface area contributed by atoms with Crippen LogP contribution in [0.1, 0.15) is 11.7 Å². The number of nitro groups is 1. The second-order valence-electron chi connectivity index (χ2n) is 6.00. The largest absolute Gasteiger partial charge is 0.497 e. The average Bonchev–Trinajstić information content (AvgIpc) is 2.73. The van der Waals surface area contributed by atoms with E-state index in [4.69, 9.17) is 21.1 Å². The van der Waals surface area contributed by atoms with Crippen molar-refractivity contribution in [3.63, 3.8) is 0 Å². The van der Waals surface area contributed by atoms with Gasteiger partial charge in [0.1, 0.15) is 5.75 Å². The third-order valence-corrected chi connectivity index (χ3v) is 4.28. The lowest BCUT2D eigenvalue weighted by Gasteiger charge is -2.19. The molecular weight excluding hydrogens is 396 g/mol. The number of hydrogen-bond donors (Lipinski definition) is 1. The monoisotopic (exact) mass is 412 g/mol. The molecule has 0 unspecified atom stereocenters. The zero-order chi connectivity index (χ0) is 20.8. The molecule has 0 aliphatic rings. The summed E-state index contributed by atoms with van der Waals surface area (Å²) in [5.74, 6) is 0.0241. The molecule has 148 valence electrons. The first-order valence-corrected chi connectivity index (χ1v) is 8.96. The molecule has 3 aromatic carbocycles. The summed E-state index contributed by atoms with van der Waals surface area (Å²) in [5.41, 5.74) is 0.717. The molecule has 1 amide bonds. The van der Waals surface area contributed by atoms with Crippen molar-refractivity contribution in [3.05, 3.63) is 93.5 Å². The first-order valence-electron chi connectivity index (χ1n) is 8.58. The zero-order valence-corrected chi connectivity index (χ0v) is 16.1. The second kappa shape index (κ2) is 9.07. The Labute approximate surface area is 172 Å². The number of nitro benzene ring substituents is 1. The molecule has 0 bridgehead atoms. The van der Waals surface area contributed by atoms with Crippen LogP contribution in [-0.4, -0.2) is 17.9 Å². The van der Waals surface area contributed by atoms with Gasteiger partial charge in [0, 0.05) is 28.4 Å². The van der Waals surface area contributed by atoms with Crippen molar-refractivity contribution in [2.45, 2.75) is 6.10 Å². The van der Waals surface area contributed by atoms with E-state index in [1.807, 2.05) is 0 Å². The maximum absolute atomic E-state index is 13.0. The van der Waals surface area contributed by atoms with Gasteiger partial charge in [-0.3, -0.25) is 14.9 Å². The van der Waals surface area contributed by atoms with Crippen molar-refractivity contribution < 1.29 is 19.2 Å². The molecule has 8 heteroatoms. The molecule has 0 aromatic heterocycles. The first kappa shape index (κ1) is 20.2. The number of nitrogens with zero attached hydrogens (tertiary/aromatic N) is 1. The van der Waals surface area contributed by atoms with Gasteiger partial charge >= 0.3 is 5.69 Å². The van der Waals surface area contributed by atoms with Crippen molar-refractivity contribution in [2.75, 3.05) is 12.4 Å². The minimum absolute atomic E-state index is 0.0611. The van der Waals surface area contributed by atoms with E-state index in [-0.39, 0.29) is 16.5 Å². The van der Waals surface area contributed by atoms with Gasteiger partial charge in [-0.1, -0.05) is 48.0 Å². The quantitative estimate of drug-likeness (QED) is 0.434. The Morgan fingerprint density at radius 1 is 1.07 bits per heavy atom. The molecule has 0 saturated carbocycles. The Morgan fingerprint density at radius 2 is 1.83 bits per heavy atom. The van der Waals surface area contributed by atoms with E-state index in [1.54, 1.807) is 54.6 Å². The van der Waals surface area contributed by atoms with Gasteiger partial charge < -0.3 is 14.8 Å². The van der Waals surface area contributed by atoms with Crippen LogP contribution < -0.4 is 14.8 Å². The summed E-state index contributed by atoms with van der Waals surface area (Å²) >= 11 is 5.86. The summed E-state index contributed by atoms with van der Waals surface area (Å²) in [5, 5.41) is 14.3. The van der Waals surface area contributed by atoms with Crippen LogP contribution in [0.5, 0.6) is 11.5 Å². The highest BCUT2D eigenvalue weighted by Gasteiger charge is 2.27. The van der Waals surface area contributed by atoms with Crippen LogP contribution in [-0.2, 0) is 4.79 Å². The molecule has 0 spiro atoms. The molecule has 3 rings (SSSR count). The summed E-state index contributed by atoms with van der Waals surface area (Å²) < 4.78 is 11.0. The molecule has 7 nitrogen and oxygen atoms in total. The number of ether oxygens (including phenoxy) is 2. The van der Waals surface area contributed by atoms with Gasteiger partial charge in [-0.15, -0.1) is 0 Å². The van der Waals surface area contributed by atoms with Gasteiger partial charge in [-0.25, -0.2) is 0 Å². The lowest BCUT2D eigenvalue weighted by Crippen LogP contribution is -2.26. The van der Waals surface area contributed by atoms with Gasteiger partial charge in [0.05, 0.1) is 12.0 Å². The topological polar surface area (TPSA) is 90.7 Å². The van der Waals surface area contributed by atoms with E-state index in [1.165, 1.54) is 25.3 Å². The highest BCUT2D eigenvalue weighted by Crippen LogP contribution is 2.34. The molecule has 0 heterocycles. The Morgan fingerprint density at radius 3 is 2.52 bits per heavy atom. The van der Waals surface area contributed by atoms with Crippen molar-refractivity contribution in [1.29, 1.82) is 0 Å². The molecule has 29 heavy (non-hydrogen) atoms. The molecule has 1 atom stereocenters.